The number of hydrogen-bond acceptors (Lipinski definition) is 2. The van der Waals surface area contributed by atoms with Crippen LogP contribution in [0, 0.1) is 5.41 Å². The summed E-state index contributed by atoms with van der Waals surface area (Å²) in [5.74, 6) is -1.21. The van der Waals surface area contributed by atoms with Gasteiger partial charge in [0.25, 0.3) is 0 Å². The van der Waals surface area contributed by atoms with Gasteiger partial charge >= 0.3 is 5.97 Å². The number of aliphatic carboxylic acids is 1. The van der Waals surface area contributed by atoms with Crippen LogP contribution in [0.3, 0.4) is 0 Å². The van der Waals surface area contributed by atoms with Crippen molar-refractivity contribution in [3.63, 3.8) is 0 Å². The Hall–Kier alpha value is -1.84. The minimum absolute atomic E-state index is 0.345. The zero-order valence-electron chi connectivity index (χ0n) is 11.9. The lowest BCUT2D eigenvalue weighted by Gasteiger charge is -2.22. The lowest BCUT2D eigenvalue weighted by Crippen LogP contribution is -2.33. The molecule has 1 aromatic carbocycles. The van der Waals surface area contributed by atoms with Crippen molar-refractivity contribution in [2.24, 2.45) is 11.1 Å². The van der Waals surface area contributed by atoms with E-state index in [2.05, 4.69) is 0 Å². The van der Waals surface area contributed by atoms with Crippen molar-refractivity contribution >= 4 is 11.9 Å². The molecule has 0 saturated carbocycles. The van der Waals surface area contributed by atoms with Crippen molar-refractivity contribution in [2.75, 3.05) is 0 Å². The topological polar surface area (TPSA) is 80.4 Å². The predicted molar refractivity (Wildman–Crippen MR) is 73.8 cm³/mol. The molecule has 1 rings (SSSR count). The third-order valence-corrected chi connectivity index (χ3v) is 3.52. The molecular formula is C15H21NO3. The summed E-state index contributed by atoms with van der Waals surface area (Å²) in [5.41, 5.74) is 5.52. The second-order valence-corrected chi connectivity index (χ2v) is 6.05. The average Bonchev–Trinajstić information content (AvgIpc) is 2.28. The molecule has 0 aliphatic rings. The lowest BCUT2D eigenvalue weighted by atomic mass is 9.82. The molecule has 104 valence electrons. The Labute approximate surface area is 113 Å². The van der Waals surface area contributed by atoms with Crippen LogP contribution in [0.1, 0.15) is 38.8 Å². The first-order valence-electron chi connectivity index (χ1n) is 6.20. The molecule has 0 fully saturated rings. The van der Waals surface area contributed by atoms with E-state index in [0.29, 0.717) is 6.42 Å². The van der Waals surface area contributed by atoms with Gasteiger partial charge in [0.1, 0.15) is 0 Å². The fourth-order valence-corrected chi connectivity index (χ4v) is 1.76. The number of hydrogen-bond donors (Lipinski definition) is 2. The van der Waals surface area contributed by atoms with E-state index in [1.807, 2.05) is 12.1 Å². The highest BCUT2D eigenvalue weighted by Gasteiger charge is 2.30. The Balaban J connectivity index is 2.95. The number of amides is 1. The zero-order chi connectivity index (χ0) is 14.8. The van der Waals surface area contributed by atoms with E-state index in [4.69, 9.17) is 10.8 Å². The van der Waals surface area contributed by atoms with E-state index >= 15 is 0 Å². The van der Waals surface area contributed by atoms with Crippen molar-refractivity contribution in [3.8, 4) is 0 Å². The number of carbonyl (C=O) groups excluding carboxylic acids is 1. The van der Waals surface area contributed by atoms with Crippen LogP contribution in [-0.2, 0) is 21.4 Å². The molecule has 0 radical (unpaired) electrons. The van der Waals surface area contributed by atoms with Crippen LogP contribution in [0.4, 0.5) is 0 Å². The molecule has 0 atom stereocenters. The Morgan fingerprint density at radius 3 is 1.95 bits per heavy atom. The van der Waals surface area contributed by atoms with Gasteiger partial charge in [-0.3, -0.25) is 9.59 Å². The van der Waals surface area contributed by atoms with Crippen LogP contribution in [0.2, 0.25) is 0 Å². The van der Waals surface area contributed by atoms with Gasteiger partial charge in [0, 0.05) is 5.41 Å². The predicted octanol–water partition coefficient (Wildman–Crippen LogP) is 2.10. The maximum Gasteiger partial charge on any atom is 0.313 e. The SMILES string of the molecule is CC(C)(Cc1ccc(C(C)(C)C(=O)O)cc1)C(N)=O. The fourth-order valence-electron chi connectivity index (χ4n) is 1.76. The molecule has 0 aromatic heterocycles. The molecule has 0 heterocycles. The van der Waals surface area contributed by atoms with Gasteiger partial charge in [-0.05, 0) is 31.4 Å². The molecule has 0 bridgehead atoms. The smallest absolute Gasteiger partial charge is 0.313 e. The highest BCUT2D eigenvalue weighted by atomic mass is 16.4. The third kappa shape index (κ3) is 3.34. The molecule has 3 N–H and O–H groups in total. The fraction of sp³-hybridized carbons (Fsp3) is 0.467. The molecule has 1 amide bonds. The van der Waals surface area contributed by atoms with Crippen molar-refractivity contribution in [3.05, 3.63) is 35.4 Å². The van der Waals surface area contributed by atoms with E-state index in [9.17, 15) is 9.59 Å². The summed E-state index contributed by atoms with van der Waals surface area (Å²) in [5, 5.41) is 9.16. The molecule has 0 aliphatic heterocycles. The average molecular weight is 263 g/mol. The molecule has 19 heavy (non-hydrogen) atoms. The maximum absolute atomic E-state index is 11.3. The van der Waals surface area contributed by atoms with Gasteiger partial charge in [0.05, 0.1) is 5.41 Å². The number of benzene rings is 1. The maximum atomic E-state index is 11.3. The van der Waals surface area contributed by atoms with Gasteiger partial charge in [-0.15, -0.1) is 0 Å². The van der Waals surface area contributed by atoms with Gasteiger partial charge in [-0.25, -0.2) is 0 Å². The van der Waals surface area contributed by atoms with Crippen LogP contribution in [0.5, 0.6) is 0 Å². The second-order valence-electron chi connectivity index (χ2n) is 6.05. The number of carboxylic acid groups (broad SMARTS) is 1. The minimum Gasteiger partial charge on any atom is -0.481 e. The van der Waals surface area contributed by atoms with Crippen molar-refractivity contribution < 1.29 is 14.7 Å². The summed E-state index contributed by atoms with van der Waals surface area (Å²) in [7, 11) is 0. The summed E-state index contributed by atoms with van der Waals surface area (Å²) in [6, 6.07) is 7.29. The summed E-state index contributed by atoms with van der Waals surface area (Å²) in [6.45, 7) is 6.92. The first-order chi connectivity index (χ1) is 8.57. The van der Waals surface area contributed by atoms with Crippen LogP contribution in [-0.4, -0.2) is 17.0 Å². The number of rotatable bonds is 5. The Morgan fingerprint density at radius 2 is 1.58 bits per heavy atom. The Kier molecular flexibility index (Phi) is 4.03. The highest BCUT2D eigenvalue weighted by Crippen LogP contribution is 2.26. The molecular weight excluding hydrogens is 242 g/mol. The quantitative estimate of drug-likeness (QED) is 0.853. The van der Waals surface area contributed by atoms with Gasteiger partial charge in [0.2, 0.25) is 5.91 Å². The molecule has 0 unspecified atom stereocenters. The first kappa shape index (κ1) is 15.2. The van der Waals surface area contributed by atoms with E-state index in [1.165, 1.54) is 0 Å². The van der Waals surface area contributed by atoms with Crippen molar-refractivity contribution in [1.29, 1.82) is 0 Å². The minimum atomic E-state index is -0.919. The molecule has 4 heteroatoms. The number of nitrogens with two attached hydrogens (primary N) is 1. The van der Waals surface area contributed by atoms with Gasteiger partial charge in [0.15, 0.2) is 0 Å². The van der Waals surface area contributed by atoms with Crippen molar-refractivity contribution in [1.82, 2.24) is 0 Å². The summed E-state index contributed by atoms with van der Waals surface area (Å²) >= 11 is 0. The molecule has 4 nitrogen and oxygen atoms in total. The largest absolute Gasteiger partial charge is 0.481 e. The van der Waals surface area contributed by atoms with Crippen LogP contribution in [0.25, 0.3) is 0 Å². The summed E-state index contributed by atoms with van der Waals surface area (Å²) < 4.78 is 0. The van der Waals surface area contributed by atoms with Gasteiger partial charge in [-0.1, -0.05) is 38.1 Å². The van der Waals surface area contributed by atoms with Crippen molar-refractivity contribution in [2.45, 2.75) is 39.5 Å². The molecule has 1 aromatic rings. The van der Waals surface area contributed by atoms with E-state index in [-0.39, 0.29) is 5.91 Å². The summed E-state index contributed by atoms with van der Waals surface area (Å²) in [4.78, 5) is 22.4. The van der Waals surface area contributed by atoms with E-state index in [0.717, 1.165) is 11.1 Å². The third-order valence-electron chi connectivity index (χ3n) is 3.52. The lowest BCUT2D eigenvalue weighted by molar-refractivity contribution is -0.142. The summed E-state index contributed by atoms with van der Waals surface area (Å²) in [6.07, 6.45) is 0.538. The van der Waals surface area contributed by atoms with E-state index in [1.54, 1.807) is 39.8 Å². The monoisotopic (exact) mass is 263 g/mol. The Bertz CT molecular complexity index is 487. The van der Waals surface area contributed by atoms with Crippen LogP contribution < -0.4 is 5.73 Å². The molecule has 0 saturated heterocycles. The second kappa shape index (κ2) is 5.03. The molecule has 0 spiro atoms. The van der Waals surface area contributed by atoms with Crippen LogP contribution >= 0.6 is 0 Å². The highest BCUT2D eigenvalue weighted by molar-refractivity contribution is 5.81. The Morgan fingerprint density at radius 1 is 1.11 bits per heavy atom. The number of primary amides is 1. The number of carboxylic acids is 1. The van der Waals surface area contributed by atoms with Gasteiger partial charge in [-0.2, -0.15) is 0 Å². The van der Waals surface area contributed by atoms with Crippen LogP contribution in [0.15, 0.2) is 24.3 Å². The normalized spacial score (nSPS) is 12.2. The molecule has 0 aliphatic carbocycles. The standard InChI is InChI=1S/C15H21NO3/c1-14(2,12(16)17)9-10-5-7-11(8-6-10)15(3,4)13(18)19/h5-8H,9H2,1-4H3,(H2,16,17)(H,18,19). The van der Waals surface area contributed by atoms with Gasteiger partial charge < -0.3 is 10.8 Å². The number of carbonyl (C=O) groups is 2. The van der Waals surface area contributed by atoms with E-state index < -0.39 is 16.8 Å². The zero-order valence-corrected chi connectivity index (χ0v) is 11.9. The first-order valence-corrected chi connectivity index (χ1v) is 6.20.